The summed E-state index contributed by atoms with van der Waals surface area (Å²) in [5, 5.41) is 8.66. The first kappa shape index (κ1) is 24.2. The summed E-state index contributed by atoms with van der Waals surface area (Å²) in [7, 11) is 0. The van der Waals surface area contributed by atoms with Crippen LogP contribution in [0.15, 0.2) is 133 Å². The van der Waals surface area contributed by atoms with Gasteiger partial charge in [-0.05, 0) is 87.5 Å². The third-order valence-electron chi connectivity index (χ3n) is 7.92. The van der Waals surface area contributed by atoms with E-state index in [0.29, 0.717) is 0 Å². The fourth-order valence-electron chi connectivity index (χ4n) is 5.72. The molecule has 0 aliphatic heterocycles. The van der Waals surface area contributed by atoms with Crippen LogP contribution in [0.5, 0.6) is 0 Å². The third-order valence-corrected chi connectivity index (χ3v) is 7.92. The second-order valence-electron chi connectivity index (χ2n) is 11.6. The molecule has 1 aromatic heterocycles. The highest BCUT2D eigenvalue weighted by atomic mass is 15.0. The van der Waals surface area contributed by atoms with Gasteiger partial charge in [0, 0.05) is 27.8 Å². The van der Waals surface area contributed by atoms with Crippen LogP contribution in [0.4, 0.5) is 11.4 Å². The molecule has 0 aliphatic rings. The van der Waals surface area contributed by atoms with E-state index in [0.717, 1.165) is 11.4 Å². The summed E-state index contributed by atoms with van der Waals surface area (Å²) in [6, 6.07) is 48.2. The SMILES string of the molecule is CC(C)(C)c1ccc(-n2c3ccccc3c3cc(Nc4ccc(-c5ccc6ccccc6c5)cc4)ccc32)cc1. The van der Waals surface area contributed by atoms with Crippen molar-refractivity contribution in [3.63, 3.8) is 0 Å². The van der Waals surface area contributed by atoms with Crippen LogP contribution in [0, 0.1) is 0 Å². The average molecular weight is 517 g/mol. The number of hydrogen-bond acceptors (Lipinski definition) is 1. The Balaban J connectivity index is 1.22. The van der Waals surface area contributed by atoms with E-state index in [-0.39, 0.29) is 5.41 Å². The average Bonchev–Trinajstić information content (AvgIpc) is 3.31. The van der Waals surface area contributed by atoms with Gasteiger partial charge in [-0.1, -0.05) is 99.6 Å². The molecular weight excluding hydrogens is 484 g/mol. The maximum atomic E-state index is 3.63. The molecular formula is C38H32N2. The van der Waals surface area contributed by atoms with Gasteiger partial charge in [-0.15, -0.1) is 0 Å². The summed E-state index contributed by atoms with van der Waals surface area (Å²) in [5.41, 5.74) is 9.69. The molecule has 0 saturated heterocycles. The Morgan fingerprint density at radius 2 is 1.15 bits per heavy atom. The fourth-order valence-corrected chi connectivity index (χ4v) is 5.72. The minimum atomic E-state index is 0.133. The monoisotopic (exact) mass is 516 g/mol. The quantitative estimate of drug-likeness (QED) is 0.246. The maximum absolute atomic E-state index is 3.63. The van der Waals surface area contributed by atoms with Gasteiger partial charge in [-0.25, -0.2) is 0 Å². The standard InChI is InChI=1S/C38H32N2/c1-38(2,3)30-16-21-33(22-17-30)40-36-11-7-6-10-34(36)35-25-32(20-23-37(35)40)39-31-18-14-27(15-19-31)29-13-12-26-8-4-5-9-28(26)24-29/h4-25,39H,1-3H3. The Kier molecular flexibility index (Phi) is 5.71. The summed E-state index contributed by atoms with van der Waals surface area (Å²) in [4.78, 5) is 0. The lowest BCUT2D eigenvalue weighted by atomic mass is 9.87. The lowest BCUT2D eigenvalue weighted by Crippen LogP contribution is -2.10. The van der Waals surface area contributed by atoms with E-state index in [1.807, 2.05) is 0 Å². The van der Waals surface area contributed by atoms with Gasteiger partial charge >= 0.3 is 0 Å². The number of para-hydroxylation sites is 1. The zero-order valence-electron chi connectivity index (χ0n) is 23.1. The molecule has 0 bridgehead atoms. The molecule has 0 amide bonds. The lowest BCUT2D eigenvalue weighted by molar-refractivity contribution is 0.590. The van der Waals surface area contributed by atoms with Crippen molar-refractivity contribution in [1.29, 1.82) is 0 Å². The molecule has 1 heterocycles. The van der Waals surface area contributed by atoms with E-state index in [4.69, 9.17) is 0 Å². The largest absolute Gasteiger partial charge is 0.356 e. The zero-order chi connectivity index (χ0) is 27.3. The van der Waals surface area contributed by atoms with E-state index in [9.17, 15) is 0 Å². The van der Waals surface area contributed by atoms with Crippen molar-refractivity contribution in [2.24, 2.45) is 0 Å². The molecule has 0 radical (unpaired) electrons. The van der Waals surface area contributed by atoms with E-state index in [1.165, 1.54) is 55.0 Å². The number of anilines is 2. The van der Waals surface area contributed by atoms with Crippen molar-refractivity contribution in [2.45, 2.75) is 26.2 Å². The zero-order valence-corrected chi connectivity index (χ0v) is 23.1. The second-order valence-corrected chi connectivity index (χ2v) is 11.6. The summed E-state index contributed by atoms with van der Waals surface area (Å²) < 4.78 is 2.37. The van der Waals surface area contributed by atoms with Crippen LogP contribution in [0.2, 0.25) is 0 Å². The first-order chi connectivity index (χ1) is 19.4. The van der Waals surface area contributed by atoms with Crippen molar-refractivity contribution in [2.75, 3.05) is 5.32 Å². The number of nitrogens with zero attached hydrogens (tertiary/aromatic N) is 1. The predicted molar refractivity (Wildman–Crippen MR) is 172 cm³/mol. The Bertz CT molecular complexity index is 1990. The Morgan fingerprint density at radius 3 is 1.93 bits per heavy atom. The van der Waals surface area contributed by atoms with Crippen LogP contribution >= 0.6 is 0 Å². The molecule has 2 nitrogen and oxygen atoms in total. The lowest BCUT2D eigenvalue weighted by Gasteiger charge is -2.19. The van der Waals surface area contributed by atoms with Crippen LogP contribution in [0.3, 0.4) is 0 Å². The summed E-state index contributed by atoms with van der Waals surface area (Å²) in [5.74, 6) is 0. The molecule has 0 fully saturated rings. The van der Waals surface area contributed by atoms with Crippen molar-refractivity contribution in [3.05, 3.63) is 139 Å². The van der Waals surface area contributed by atoms with Gasteiger partial charge in [-0.2, -0.15) is 0 Å². The van der Waals surface area contributed by atoms with Crippen LogP contribution in [0.25, 0.3) is 49.4 Å². The topological polar surface area (TPSA) is 17.0 Å². The molecule has 7 rings (SSSR count). The van der Waals surface area contributed by atoms with Gasteiger partial charge in [0.1, 0.15) is 0 Å². The highest BCUT2D eigenvalue weighted by molar-refractivity contribution is 6.10. The van der Waals surface area contributed by atoms with E-state index in [1.54, 1.807) is 0 Å². The smallest absolute Gasteiger partial charge is 0.0542 e. The fraction of sp³-hybridized carbons (Fsp3) is 0.105. The normalized spacial score (nSPS) is 11.9. The minimum absolute atomic E-state index is 0.133. The molecule has 194 valence electrons. The number of hydrogen-bond donors (Lipinski definition) is 1. The molecule has 0 spiro atoms. The number of fused-ring (bicyclic) bond motifs is 4. The maximum Gasteiger partial charge on any atom is 0.0542 e. The predicted octanol–water partition coefficient (Wildman–Crippen LogP) is 10.6. The molecule has 0 atom stereocenters. The summed E-state index contributed by atoms with van der Waals surface area (Å²) in [6.07, 6.45) is 0. The van der Waals surface area contributed by atoms with Gasteiger partial charge in [0.05, 0.1) is 11.0 Å². The van der Waals surface area contributed by atoms with Gasteiger partial charge in [0.15, 0.2) is 0 Å². The van der Waals surface area contributed by atoms with Gasteiger partial charge in [-0.3, -0.25) is 0 Å². The molecule has 1 N–H and O–H groups in total. The molecule has 7 aromatic rings. The van der Waals surface area contributed by atoms with Crippen molar-refractivity contribution >= 4 is 44.0 Å². The van der Waals surface area contributed by atoms with Gasteiger partial charge < -0.3 is 9.88 Å². The highest BCUT2D eigenvalue weighted by Gasteiger charge is 2.16. The van der Waals surface area contributed by atoms with Crippen molar-refractivity contribution in [3.8, 4) is 16.8 Å². The Labute approximate surface area is 235 Å². The minimum Gasteiger partial charge on any atom is -0.356 e. The highest BCUT2D eigenvalue weighted by Crippen LogP contribution is 2.35. The molecule has 0 unspecified atom stereocenters. The van der Waals surface area contributed by atoms with Crippen LogP contribution in [-0.2, 0) is 5.41 Å². The second kappa shape index (κ2) is 9.43. The Morgan fingerprint density at radius 1 is 0.500 bits per heavy atom. The third kappa shape index (κ3) is 4.32. The van der Waals surface area contributed by atoms with Gasteiger partial charge in [0.2, 0.25) is 0 Å². The van der Waals surface area contributed by atoms with Crippen molar-refractivity contribution < 1.29 is 0 Å². The molecule has 0 aliphatic carbocycles. The molecule has 6 aromatic carbocycles. The first-order valence-corrected chi connectivity index (χ1v) is 13.9. The van der Waals surface area contributed by atoms with E-state index in [2.05, 4.69) is 164 Å². The number of aromatic nitrogens is 1. The van der Waals surface area contributed by atoms with Crippen LogP contribution in [-0.4, -0.2) is 4.57 Å². The first-order valence-electron chi connectivity index (χ1n) is 13.9. The summed E-state index contributed by atoms with van der Waals surface area (Å²) in [6.45, 7) is 6.77. The molecule has 40 heavy (non-hydrogen) atoms. The molecule has 0 saturated carbocycles. The number of benzene rings is 6. The van der Waals surface area contributed by atoms with Crippen LogP contribution in [0.1, 0.15) is 26.3 Å². The number of nitrogens with one attached hydrogen (secondary N) is 1. The van der Waals surface area contributed by atoms with E-state index < -0.39 is 0 Å². The molecule has 2 heteroatoms. The van der Waals surface area contributed by atoms with Crippen LogP contribution < -0.4 is 5.32 Å². The van der Waals surface area contributed by atoms with E-state index >= 15 is 0 Å². The number of rotatable bonds is 4. The van der Waals surface area contributed by atoms with Gasteiger partial charge in [0.25, 0.3) is 0 Å². The van der Waals surface area contributed by atoms with Crippen molar-refractivity contribution in [1.82, 2.24) is 4.57 Å². The Hall–Kier alpha value is -4.82. The summed E-state index contributed by atoms with van der Waals surface area (Å²) >= 11 is 0.